The minimum Gasteiger partial charge on any atom is -0.422 e. The van der Waals surface area contributed by atoms with Crippen molar-refractivity contribution in [2.75, 3.05) is 57.2 Å². The Morgan fingerprint density at radius 1 is 0.949 bits per heavy atom. The summed E-state index contributed by atoms with van der Waals surface area (Å²) in [5.74, 6) is 0. The molecular weight excluding hydrogens is 488 g/mol. The van der Waals surface area contributed by atoms with Gasteiger partial charge in [0, 0.05) is 51.5 Å². The van der Waals surface area contributed by atoms with Crippen molar-refractivity contribution >= 4 is 46.0 Å². The van der Waals surface area contributed by atoms with Crippen LogP contribution < -0.4 is 15.4 Å². The monoisotopic (exact) mass is 520 g/mol. The van der Waals surface area contributed by atoms with Gasteiger partial charge in [0.1, 0.15) is 5.58 Å². The molecule has 1 saturated heterocycles. The van der Waals surface area contributed by atoms with E-state index in [-0.39, 0.29) is 5.63 Å². The van der Waals surface area contributed by atoms with Crippen LogP contribution in [0.4, 0.5) is 17.1 Å². The molecule has 7 heteroatoms. The normalized spacial score (nSPS) is 14.5. The lowest BCUT2D eigenvalue weighted by atomic mass is 10.1. The molecule has 1 fully saturated rings. The van der Waals surface area contributed by atoms with Crippen LogP contribution in [0.3, 0.4) is 0 Å². The molecule has 1 aliphatic rings. The number of para-hydroxylation sites is 1. The van der Waals surface area contributed by atoms with Crippen LogP contribution in [-0.2, 0) is 4.74 Å². The Morgan fingerprint density at radius 2 is 1.67 bits per heavy atom. The van der Waals surface area contributed by atoms with Gasteiger partial charge in [-0.25, -0.2) is 4.79 Å². The van der Waals surface area contributed by atoms with Gasteiger partial charge in [-0.1, -0.05) is 36.4 Å². The van der Waals surface area contributed by atoms with Crippen molar-refractivity contribution in [3.63, 3.8) is 0 Å². The molecule has 1 aliphatic heterocycles. The average Bonchev–Trinajstić information content (AvgIpc) is 2.97. The second kappa shape index (κ2) is 11.9. The zero-order valence-electron chi connectivity index (χ0n) is 22.5. The van der Waals surface area contributed by atoms with E-state index in [2.05, 4.69) is 31.9 Å². The van der Waals surface area contributed by atoms with Crippen molar-refractivity contribution in [1.29, 1.82) is 0 Å². The highest BCUT2D eigenvalue weighted by Gasteiger charge is 2.20. The molecule has 0 bridgehead atoms. The number of anilines is 2. The molecule has 198 valence electrons. The molecule has 0 N–H and O–H groups in total. The van der Waals surface area contributed by atoms with Crippen LogP contribution in [0.2, 0.25) is 0 Å². The topological polar surface area (TPSA) is 70.6 Å². The number of rotatable bonds is 7. The summed E-state index contributed by atoms with van der Waals surface area (Å²) in [5.41, 5.74) is 6.31. The standard InChI is InChI=1S/C32H32N4O3/c1-33-29(24-10-12-25(13-11-24)34-22-23-8-14-26(15-9-23)35(2)3)17-16-28-31(36-18-20-38-21-19-36)27-6-4-5-7-30(27)39-32(28)37/h4-17,22H,18-21H2,1-3H3/b17-16+,33-29?,34-22?. The molecule has 0 unspecified atom stereocenters. The average molecular weight is 521 g/mol. The summed E-state index contributed by atoms with van der Waals surface area (Å²) in [6.07, 6.45) is 5.54. The molecule has 7 nitrogen and oxygen atoms in total. The van der Waals surface area contributed by atoms with Gasteiger partial charge in [0.25, 0.3) is 0 Å². The van der Waals surface area contributed by atoms with E-state index in [1.165, 1.54) is 0 Å². The third-order valence-corrected chi connectivity index (χ3v) is 6.73. The Hall–Kier alpha value is -4.49. The summed E-state index contributed by atoms with van der Waals surface area (Å²) in [7, 11) is 5.79. The fourth-order valence-corrected chi connectivity index (χ4v) is 4.61. The van der Waals surface area contributed by atoms with Crippen molar-refractivity contribution in [3.05, 3.63) is 106 Å². The smallest absolute Gasteiger partial charge is 0.345 e. The molecule has 5 rings (SSSR count). The van der Waals surface area contributed by atoms with Gasteiger partial charge < -0.3 is 19.0 Å². The van der Waals surface area contributed by atoms with E-state index in [9.17, 15) is 4.79 Å². The Kier molecular flexibility index (Phi) is 7.99. The van der Waals surface area contributed by atoms with Gasteiger partial charge in [0.2, 0.25) is 0 Å². The Morgan fingerprint density at radius 3 is 2.36 bits per heavy atom. The minimum atomic E-state index is -0.370. The molecule has 2 heterocycles. The highest BCUT2D eigenvalue weighted by Crippen LogP contribution is 2.30. The van der Waals surface area contributed by atoms with Gasteiger partial charge >= 0.3 is 5.63 Å². The van der Waals surface area contributed by atoms with Gasteiger partial charge in [0.15, 0.2) is 0 Å². The van der Waals surface area contributed by atoms with Crippen molar-refractivity contribution in [2.24, 2.45) is 9.98 Å². The third kappa shape index (κ3) is 5.99. The number of morpholine rings is 1. The zero-order valence-corrected chi connectivity index (χ0v) is 22.5. The minimum absolute atomic E-state index is 0.370. The maximum absolute atomic E-state index is 13.1. The van der Waals surface area contributed by atoms with Crippen molar-refractivity contribution in [1.82, 2.24) is 0 Å². The summed E-state index contributed by atoms with van der Waals surface area (Å²) in [6.45, 7) is 2.67. The lowest BCUT2D eigenvalue weighted by Crippen LogP contribution is -2.37. The summed E-state index contributed by atoms with van der Waals surface area (Å²) in [4.78, 5) is 26.4. The maximum Gasteiger partial charge on any atom is 0.345 e. The molecule has 3 aromatic carbocycles. The molecule has 0 radical (unpaired) electrons. The first-order chi connectivity index (χ1) is 19.0. The van der Waals surface area contributed by atoms with Crippen LogP contribution >= 0.6 is 0 Å². The van der Waals surface area contributed by atoms with E-state index in [0.717, 1.165) is 39.3 Å². The number of aliphatic imine (C=N–C) groups is 2. The van der Waals surface area contributed by atoms with Gasteiger partial charge in [-0.3, -0.25) is 9.98 Å². The molecule has 0 spiro atoms. The molecule has 39 heavy (non-hydrogen) atoms. The molecule has 0 aliphatic carbocycles. The predicted octanol–water partition coefficient (Wildman–Crippen LogP) is 5.58. The van der Waals surface area contributed by atoms with E-state index < -0.39 is 0 Å². The van der Waals surface area contributed by atoms with Crippen molar-refractivity contribution < 1.29 is 9.15 Å². The van der Waals surface area contributed by atoms with Crippen molar-refractivity contribution in [2.45, 2.75) is 0 Å². The van der Waals surface area contributed by atoms with Gasteiger partial charge in [-0.2, -0.15) is 0 Å². The van der Waals surface area contributed by atoms with Gasteiger partial charge in [-0.15, -0.1) is 0 Å². The highest BCUT2D eigenvalue weighted by atomic mass is 16.5. The number of hydrogen-bond donors (Lipinski definition) is 0. The number of hydrogen-bond acceptors (Lipinski definition) is 7. The molecule has 0 saturated carbocycles. The van der Waals surface area contributed by atoms with Crippen LogP contribution in [0.5, 0.6) is 0 Å². The van der Waals surface area contributed by atoms with E-state index in [1.807, 2.05) is 93.1 Å². The van der Waals surface area contributed by atoms with E-state index >= 15 is 0 Å². The second-order valence-electron chi connectivity index (χ2n) is 9.48. The summed E-state index contributed by atoms with van der Waals surface area (Å²) < 4.78 is 11.2. The first-order valence-corrected chi connectivity index (χ1v) is 13.0. The van der Waals surface area contributed by atoms with E-state index in [1.54, 1.807) is 7.05 Å². The Labute approximate surface area is 228 Å². The quantitative estimate of drug-likeness (QED) is 0.235. The molecule has 0 atom stereocenters. The first kappa shape index (κ1) is 26.1. The van der Waals surface area contributed by atoms with Crippen LogP contribution in [0.25, 0.3) is 17.0 Å². The second-order valence-corrected chi connectivity index (χ2v) is 9.48. The van der Waals surface area contributed by atoms with E-state index in [0.29, 0.717) is 37.4 Å². The maximum atomic E-state index is 13.1. The lowest BCUT2D eigenvalue weighted by Gasteiger charge is -2.30. The predicted molar refractivity (Wildman–Crippen MR) is 161 cm³/mol. The number of fused-ring (bicyclic) bond motifs is 1. The zero-order chi connectivity index (χ0) is 27.2. The number of benzene rings is 3. The van der Waals surface area contributed by atoms with Gasteiger partial charge in [0.05, 0.1) is 35.9 Å². The molecule has 0 amide bonds. The van der Waals surface area contributed by atoms with Crippen LogP contribution in [0, 0.1) is 0 Å². The molecule has 4 aromatic rings. The van der Waals surface area contributed by atoms with Crippen LogP contribution in [0.15, 0.2) is 98.1 Å². The number of nitrogens with zero attached hydrogens (tertiary/aromatic N) is 4. The largest absolute Gasteiger partial charge is 0.422 e. The number of allylic oxidation sites excluding steroid dienone is 1. The summed E-state index contributed by atoms with van der Waals surface area (Å²) in [6, 6.07) is 23.8. The first-order valence-electron chi connectivity index (χ1n) is 13.0. The van der Waals surface area contributed by atoms with Gasteiger partial charge in [-0.05, 0) is 59.7 Å². The summed E-state index contributed by atoms with van der Waals surface area (Å²) >= 11 is 0. The fraction of sp³-hybridized carbons (Fsp3) is 0.219. The van der Waals surface area contributed by atoms with E-state index in [4.69, 9.17) is 9.15 Å². The molecular formula is C32H32N4O3. The SMILES string of the molecule is CN=C(/C=C/c1c(N2CCOCC2)c2ccccc2oc1=O)c1ccc(N=Cc2ccc(N(C)C)cc2)cc1. The van der Waals surface area contributed by atoms with Crippen LogP contribution in [0.1, 0.15) is 16.7 Å². The molecule has 1 aromatic heterocycles. The van der Waals surface area contributed by atoms with Crippen molar-refractivity contribution in [3.8, 4) is 0 Å². The third-order valence-electron chi connectivity index (χ3n) is 6.73. The fourth-order valence-electron chi connectivity index (χ4n) is 4.61. The van der Waals surface area contributed by atoms with Crippen LogP contribution in [-0.4, -0.2) is 59.4 Å². The Bertz CT molecular complexity index is 1580. The Balaban J connectivity index is 1.39. The lowest BCUT2D eigenvalue weighted by molar-refractivity contribution is 0.123. The number of ether oxygens (including phenoxy) is 1. The summed E-state index contributed by atoms with van der Waals surface area (Å²) in [5, 5.41) is 0.909. The highest BCUT2D eigenvalue weighted by molar-refractivity contribution is 6.11.